The summed E-state index contributed by atoms with van der Waals surface area (Å²) in [5.74, 6) is -0.0222. The standard InChI is InChI=1S/C22H29NO2.2ClH/c1-5-21(24)25-22(18(2)17-23(3)4,20-14-10-7-11-15-20)16-19-12-8-6-9-13-19;;/h6-15,18H,5,16-17H2,1-4H3;2*1H/t18-,22+;;/m1../s1. The van der Waals surface area contributed by atoms with Crippen LogP contribution in [-0.4, -0.2) is 31.5 Å². The van der Waals surface area contributed by atoms with Gasteiger partial charge in [-0.05, 0) is 25.2 Å². The summed E-state index contributed by atoms with van der Waals surface area (Å²) < 4.78 is 6.17. The van der Waals surface area contributed by atoms with Crippen LogP contribution in [0.25, 0.3) is 0 Å². The Morgan fingerprint density at radius 1 is 1.00 bits per heavy atom. The highest BCUT2D eigenvalue weighted by Gasteiger charge is 2.42. The van der Waals surface area contributed by atoms with Crippen molar-refractivity contribution in [3.05, 3.63) is 71.8 Å². The fraction of sp³-hybridized carbons (Fsp3) is 0.409. The molecule has 27 heavy (non-hydrogen) atoms. The minimum Gasteiger partial charge on any atom is -0.453 e. The molecule has 2 atom stereocenters. The Balaban J connectivity index is 0.00000338. The number of carbonyl (C=O) groups excluding carboxylic acids is 1. The van der Waals surface area contributed by atoms with Crippen molar-refractivity contribution in [2.24, 2.45) is 5.92 Å². The van der Waals surface area contributed by atoms with Gasteiger partial charge in [0.2, 0.25) is 0 Å². The van der Waals surface area contributed by atoms with Crippen molar-refractivity contribution in [1.82, 2.24) is 4.90 Å². The highest BCUT2D eigenvalue weighted by molar-refractivity contribution is 5.85. The van der Waals surface area contributed by atoms with Crippen molar-refractivity contribution in [3.8, 4) is 0 Å². The van der Waals surface area contributed by atoms with Gasteiger partial charge in [0.15, 0.2) is 0 Å². The van der Waals surface area contributed by atoms with Crippen LogP contribution in [0.4, 0.5) is 0 Å². The molecule has 2 aromatic carbocycles. The van der Waals surface area contributed by atoms with Gasteiger partial charge >= 0.3 is 5.97 Å². The van der Waals surface area contributed by atoms with Crippen LogP contribution < -0.4 is 0 Å². The average molecular weight is 412 g/mol. The van der Waals surface area contributed by atoms with Gasteiger partial charge in [-0.1, -0.05) is 74.5 Å². The third-order valence-electron chi connectivity index (χ3n) is 4.59. The van der Waals surface area contributed by atoms with Crippen LogP contribution in [0.3, 0.4) is 0 Å². The summed E-state index contributed by atoms with van der Waals surface area (Å²) in [4.78, 5) is 14.5. The maximum absolute atomic E-state index is 12.3. The van der Waals surface area contributed by atoms with E-state index < -0.39 is 5.60 Å². The number of carbonyl (C=O) groups is 1. The van der Waals surface area contributed by atoms with Gasteiger partial charge in [-0.2, -0.15) is 0 Å². The van der Waals surface area contributed by atoms with Gasteiger partial charge in [0.05, 0.1) is 0 Å². The number of benzene rings is 2. The Morgan fingerprint density at radius 2 is 1.52 bits per heavy atom. The molecule has 0 bridgehead atoms. The second-order valence-electron chi connectivity index (χ2n) is 6.91. The van der Waals surface area contributed by atoms with Crippen molar-refractivity contribution in [2.75, 3.05) is 20.6 Å². The minimum atomic E-state index is -0.681. The minimum absolute atomic E-state index is 0. The van der Waals surface area contributed by atoms with E-state index >= 15 is 0 Å². The van der Waals surface area contributed by atoms with Gasteiger partial charge in [0, 0.05) is 25.3 Å². The maximum Gasteiger partial charge on any atom is 0.306 e. The van der Waals surface area contributed by atoms with Gasteiger partial charge in [0.1, 0.15) is 5.60 Å². The van der Waals surface area contributed by atoms with Crippen LogP contribution in [0, 0.1) is 5.92 Å². The molecular weight excluding hydrogens is 381 g/mol. The molecule has 0 amide bonds. The van der Waals surface area contributed by atoms with Gasteiger partial charge in [-0.25, -0.2) is 0 Å². The Hall–Kier alpha value is -1.55. The second kappa shape index (κ2) is 12.0. The number of hydrogen-bond donors (Lipinski definition) is 0. The zero-order chi connectivity index (χ0) is 18.3. The third kappa shape index (κ3) is 6.84. The van der Waals surface area contributed by atoms with Gasteiger partial charge in [-0.15, -0.1) is 24.8 Å². The molecule has 0 radical (unpaired) electrons. The van der Waals surface area contributed by atoms with Gasteiger partial charge in [-0.3, -0.25) is 4.79 Å². The molecule has 0 fully saturated rings. The van der Waals surface area contributed by atoms with E-state index in [0.717, 1.165) is 12.1 Å². The molecule has 0 aliphatic heterocycles. The van der Waals surface area contributed by atoms with Crippen LogP contribution in [0.5, 0.6) is 0 Å². The Morgan fingerprint density at radius 3 is 2.00 bits per heavy atom. The van der Waals surface area contributed by atoms with E-state index in [1.165, 1.54) is 5.56 Å². The van der Waals surface area contributed by atoms with Crippen molar-refractivity contribution in [3.63, 3.8) is 0 Å². The molecule has 150 valence electrons. The van der Waals surface area contributed by atoms with Crippen molar-refractivity contribution in [1.29, 1.82) is 0 Å². The first kappa shape index (κ1) is 25.4. The lowest BCUT2D eigenvalue weighted by atomic mass is 9.77. The Bertz CT molecular complexity index is 665. The predicted molar refractivity (Wildman–Crippen MR) is 117 cm³/mol. The zero-order valence-electron chi connectivity index (χ0n) is 16.6. The molecule has 0 spiro atoms. The Kier molecular flexibility index (Phi) is 11.3. The molecule has 2 aromatic rings. The number of rotatable bonds is 8. The molecule has 0 aliphatic carbocycles. The summed E-state index contributed by atoms with van der Waals surface area (Å²) in [6.07, 6.45) is 1.04. The van der Waals surface area contributed by atoms with Crippen LogP contribution in [0.15, 0.2) is 60.7 Å². The normalized spacial score (nSPS) is 13.7. The molecule has 5 heteroatoms. The van der Waals surface area contributed by atoms with E-state index in [9.17, 15) is 4.79 Å². The van der Waals surface area contributed by atoms with Crippen LogP contribution in [0.2, 0.25) is 0 Å². The van der Waals surface area contributed by atoms with E-state index in [1.54, 1.807) is 0 Å². The monoisotopic (exact) mass is 411 g/mol. The average Bonchev–Trinajstić information content (AvgIpc) is 2.62. The van der Waals surface area contributed by atoms with Gasteiger partial charge in [0.25, 0.3) is 0 Å². The molecule has 0 unspecified atom stereocenters. The largest absolute Gasteiger partial charge is 0.453 e. The molecular formula is C22H31Cl2NO2. The lowest BCUT2D eigenvalue weighted by Gasteiger charge is -2.40. The van der Waals surface area contributed by atoms with E-state index in [4.69, 9.17) is 4.74 Å². The molecule has 2 rings (SSSR count). The summed E-state index contributed by atoms with van der Waals surface area (Å²) >= 11 is 0. The summed E-state index contributed by atoms with van der Waals surface area (Å²) in [6, 6.07) is 20.4. The van der Waals surface area contributed by atoms with E-state index in [2.05, 4.69) is 50.2 Å². The highest BCUT2D eigenvalue weighted by atomic mass is 35.5. The number of nitrogens with zero attached hydrogens (tertiary/aromatic N) is 1. The summed E-state index contributed by atoms with van der Waals surface area (Å²) in [6.45, 7) is 4.84. The fourth-order valence-electron chi connectivity index (χ4n) is 3.35. The number of hydrogen-bond acceptors (Lipinski definition) is 3. The van der Waals surface area contributed by atoms with E-state index in [-0.39, 0.29) is 36.7 Å². The number of halogens is 2. The first-order valence-electron chi connectivity index (χ1n) is 8.94. The summed E-state index contributed by atoms with van der Waals surface area (Å²) in [5.41, 5.74) is 1.54. The van der Waals surface area contributed by atoms with E-state index in [0.29, 0.717) is 12.8 Å². The molecule has 0 aromatic heterocycles. The van der Waals surface area contributed by atoms with Crippen LogP contribution >= 0.6 is 24.8 Å². The zero-order valence-corrected chi connectivity index (χ0v) is 18.2. The summed E-state index contributed by atoms with van der Waals surface area (Å²) in [7, 11) is 4.10. The van der Waals surface area contributed by atoms with Gasteiger partial charge < -0.3 is 9.64 Å². The van der Waals surface area contributed by atoms with Crippen molar-refractivity contribution in [2.45, 2.75) is 32.3 Å². The predicted octanol–water partition coefficient (Wildman–Crippen LogP) is 5.12. The topological polar surface area (TPSA) is 29.5 Å². The SMILES string of the molecule is CCC(=O)O[C@](Cc1ccccc1)(c1ccccc1)[C@H](C)CN(C)C.Cl.Cl. The maximum atomic E-state index is 12.3. The second-order valence-corrected chi connectivity index (χ2v) is 6.91. The van der Waals surface area contributed by atoms with Crippen LogP contribution in [0.1, 0.15) is 31.4 Å². The first-order chi connectivity index (χ1) is 12.0. The highest BCUT2D eigenvalue weighted by Crippen LogP contribution is 2.38. The molecule has 0 aliphatic rings. The first-order valence-corrected chi connectivity index (χ1v) is 8.94. The lowest BCUT2D eigenvalue weighted by molar-refractivity contribution is -0.168. The third-order valence-corrected chi connectivity index (χ3v) is 4.59. The van der Waals surface area contributed by atoms with Crippen molar-refractivity contribution < 1.29 is 9.53 Å². The van der Waals surface area contributed by atoms with Crippen molar-refractivity contribution >= 4 is 30.8 Å². The quantitative estimate of drug-likeness (QED) is 0.564. The summed E-state index contributed by atoms with van der Waals surface area (Å²) in [5, 5.41) is 0. The molecule has 0 N–H and O–H groups in total. The molecule has 0 saturated carbocycles. The van der Waals surface area contributed by atoms with E-state index in [1.807, 2.05) is 43.3 Å². The lowest BCUT2D eigenvalue weighted by Crippen LogP contribution is -2.44. The molecule has 3 nitrogen and oxygen atoms in total. The number of esters is 1. The van der Waals surface area contributed by atoms with Crippen LogP contribution in [-0.2, 0) is 21.6 Å². The number of ether oxygens (including phenoxy) is 1. The molecule has 0 heterocycles. The molecule has 0 saturated heterocycles. The fourth-order valence-corrected chi connectivity index (χ4v) is 3.35. The smallest absolute Gasteiger partial charge is 0.306 e. The Labute approximate surface area is 175 Å².